The van der Waals surface area contributed by atoms with Crippen LogP contribution in [0.3, 0.4) is 0 Å². The van der Waals surface area contributed by atoms with Crippen molar-refractivity contribution in [3.05, 3.63) is 35.1 Å². The van der Waals surface area contributed by atoms with Crippen LogP contribution < -0.4 is 5.32 Å². The molecule has 2 aromatic rings. The number of fused-ring (bicyclic) bond motifs is 1. The second kappa shape index (κ2) is 6.22. The zero-order valence-corrected chi connectivity index (χ0v) is 13.3. The second-order valence-electron chi connectivity index (χ2n) is 6.00. The Hall–Kier alpha value is -2.30. The summed E-state index contributed by atoms with van der Waals surface area (Å²) in [5.74, 6) is -1.51. The summed E-state index contributed by atoms with van der Waals surface area (Å²) >= 11 is 0. The van der Waals surface area contributed by atoms with E-state index in [4.69, 9.17) is 9.52 Å². The summed E-state index contributed by atoms with van der Waals surface area (Å²) in [5.41, 5.74) is 3.76. The highest BCUT2D eigenvalue weighted by Gasteiger charge is 2.23. The van der Waals surface area contributed by atoms with Crippen LogP contribution in [0.5, 0.6) is 0 Å². The van der Waals surface area contributed by atoms with Crippen molar-refractivity contribution in [3.63, 3.8) is 0 Å². The predicted molar refractivity (Wildman–Crippen MR) is 83.8 cm³/mol. The quantitative estimate of drug-likeness (QED) is 0.890. The summed E-state index contributed by atoms with van der Waals surface area (Å²) in [7, 11) is 0. The molecule has 0 bridgehead atoms. The molecule has 0 aliphatic rings. The van der Waals surface area contributed by atoms with E-state index in [0.717, 1.165) is 27.7 Å². The third-order valence-electron chi connectivity index (χ3n) is 3.87. The van der Waals surface area contributed by atoms with Gasteiger partial charge in [-0.1, -0.05) is 13.8 Å². The molecule has 1 heterocycles. The van der Waals surface area contributed by atoms with Gasteiger partial charge in [-0.25, -0.2) is 4.79 Å². The highest BCUT2D eigenvalue weighted by atomic mass is 16.4. The number of amides is 1. The SMILES string of the molecule is Cc1cc2occ(CC(=O)N[C@@H](C(=O)O)C(C)C)c2cc1C. The van der Waals surface area contributed by atoms with Gasteiger partial charge in [-0.15, -0.1) is 0 Å². The van der Waals surface area contributed by atoms with E-state index in [1.54, 1.807) is 20.1 Å². The molecule has 0 saturated heterocycles. The maximum atomic E-state index is 12.1. The van der Waals surface area contributed by atoms with Gasteiger partial charge in [-0.2, -0.15) is 0 Å². The molecule has 5 nitrogen and oxygen atoms in total. The Labute approximate surface area is 129 Å². The Morgan fingerprint density at radius 1 is 1.23 bits per heavy atom. The third kappa shape index (κ3) is 3.30. The summed E-state index contributed by atoms with van der Waals surface area (Å²) in [6.45, 7) is 7.53. The van der Waals surface area contributed by atoms with Gasteiger partial charge in [0.15, 0.2) is 0 Å². The number of benzene rings is 1. The lowest BCUT2D eigenvalue weighted by molar-refractivity contribution is -0.143. The molecule has 0 spiro atoms. The zero-order valence-electron chi connectivity index (χ0n) is 13.3. The minimum Gasteiger partial charge on any atom is -0.480 e. The first-order valence-corrected chi connectivity index (χ1v) is 7.29. The van der Waals surface area contributed by atoms with Crippen molar-refractivity contribution in [2.75, 3.05) is 0 Å². The van der Waals surface area contributed by atoms with E-state index >= 15 is 0 Å². The molecule has 1 amide bonds. The first kappa shape index (κ1) is 16.1. The molecule has 0 unspecified atom stereocenters. The first-order valence-electron chi connectivity index (χ1n) is 7.29. The van der Waals surface area contributed by atoms with Crippen LogP contribution in [0, 0.1) is 19.8 Å². The van der Waals surface area contributed by atoms with Gasteiger partial charge in [0.2, 0.25) is 5.91 Å². The van der Waals surface area contributed by atoms with Gasteiger partial charge in [-0.05, 0) is 43.0 Å². The van der Waals surface area contributed by atoms with Crippen molar-refractivity contribution in [1.82, 2.24) is 5.32 Å². The van der Waals surface area contributed by atoms with Gasteiger partial charge in [0.05, 0.1) is 12.7 Å². The van der Waals surface area contributed by atoms with Crippen LogP contribution in [0.1, 0.15) is 30.5 Å². The van der Waals surface area contributed by atoms with Crippen LogP contribution >= 0.6 is 0 Å². The summed E-state index contributed by atoms with van der Waals surface area (Å²) in [6.07, 6.45) is 1.67. The lowest BCUT2D eigenvalue weighted by Crippen LogP contribution is -2.44. The maximum Gasteiger partial charge on any atom is 0.326 e. The van der Waals surface area contributed by atoms with Gasteiger partial charge in [0.1, 0.15) is 11.6 Å². The fraction of sp³-hybridized carbons (Fsp3) is 0.412. The lowest BCUT2D eigenvalue weighted by Gasteiger charge is -2.17. The predicted octanol–water partition coefficient (Wildman–Crippen LogP) is 2.82. The van der Waals surface area contributed by atoms with E-state index in [-0.39, 0.29) is 18.2 Å². The molecule has 118 valence electrons. The van der Waals surface area contributed by atoms with Gasteiger partial charge in [0, 0.05) is 10.9 Å². The maximum absolute atomic E-state index is 12.1. The highest BCUT2D eigenvalue weighted by Crippen LogP contribution is 2.25. The number of carbonyl (C=O) groups excluding carboxylic acids is 1. The molecule has 5 heteroatoms. The highest BCUT2D eigenvalue weighted by molar-refractivity contribution is 5.90. The average molecular weight is 303 g/mol. The Morgan fingerprint density at radius 2 is 1.86 bits per heavy atom. The van der Waals surface area contributed by atoms with Gasteiger partial charge in [-0.3, -0.25) is 4.79 Å². The van der Waals surface area contributed by atoms with Crippen LogP contribution in [-0.4, -0.2) is 23.0 Å². The molecule has 2 N–H and O–H groups in total. The van der Waals surface area contributed by atoms with E-state index in [1.807, 2.05) is 26.0 Å². The Bertz CT molecular complexity index is 715. The Morgan fingerprint density at radius 3 is 2.45 bits per heavy atom. The number of carboxylic acids is 1. The number of nitrogens with one attached hydrogen (secondary N) is 1. The molecule has 0 aliphatic carbocycles. The van der Waals surface area contributed by atoms with Crippen LogP contribution in [0.15, 0.2) is 22.8 Å². The molecule has 0 fully saturated rings. The van der Waals surface area contributed by atoms with Crippen molar-refractivity contribution in [1.29, 1.82) is 0 Å². The number of carboxylic acid groups (broad SMARTS) is 1. The van der Waals surface area contributed by atoms with Gasteiger partial charge >= 0.3 is 5.97 Å². The molecule has 2 rings (SSSR count). The topological polar surface area (TPSA) is 79.5 Å². The largest absolute Gasteiger partial charge is 0.480 e. The summed E-state index contributed by atoms with van der Waals surface area (Å²) in [6, 6.07) is 3.06. The van der Waals surface area contributed by atoms with E-state index in [0.29, 0.717) is 0 Å². The van der Waals surface area contributed by atoms with Crippen LogP contribution in [-0.2, 0) is 16.0 Å². The summed E-state index contributed by atoms with van der Waals surface area (Å²) < 4.78 is 5.49. The number of rotatable bonds is 5. The molecule has 1 aromatic heterocycles. The van der Waals surface area contributed by atoms with Gasteiger partial charge < -0.3 is 14.8 Å². The van der Waals surface area contributed by atoms with Crippen LogP contribution in [0.4, 0.5) is 0 Å². The molecule has 22 heavy (non-hydrogen) atoms. The molecule has 0 radical (unpaired) electrons. The van der Waals surface area contributed by atoms with Crippen molar-refractivity contribution >= 4 is 22.8 Å². The van der Waals surface area contributed by atoms with E-state index in [1.165, 1.54) is 0 Å². The fourth-order valence-electron chi connectivity index (χ4n) is 2.38. The van der Waals surface area contributed by atoms with E-state index < -0.39 is 12.0 Å². The minimum atomic E-state index is -1.02. The van der Waals surface area contributed by atoms with Crippen molar-refractivity contribution in [3.8, 4) is 0 Å². The van der Waals surface area contributed by atoms with E-state index in [9.17, 15) is 9.59 Å². The molecule has 1 aromatic carbocycles. The Balaban J connectivity index is 2.18. The molecule has 0 saturated carbocycles. The smallest absolute Gasteiger partial charge is 0.326 e. The number of aryl methyl sites for hydroxylation is 2. The van der Waals surface area contributed by atoms with Crippen molar-refractivity contribution in [2.45, 2.75) is 40.2 Å². The van der Waals surface area contributed by atoms with Crippen LogP contribution in [0.25, 0.3) is 11.0 Å². The first-order chi connectivity index (χ1) is 10.3. The lowest BCUT2D eigenvalue weighted by atomic mass is 10.0. The fourth-order valence-corrected chi connectivity index (χ4v) is 2.38. The molecule has 1 atom stereocenters. The zero-order chi connectivity index (χ0) is 16.4. The second-order valence-corrected chi connectivity index (χ2v) is 6.00. The minimum absolute atomic E-state index is 0.103. The van der Waals surface area contributed by atoms with Crippen LogP contribution in [0.2, 0.25) is 0 Å². The van der Waals surface area contributed by atoms with E-state index in [2.05, 4.69) is 5.32 Å². The Kier molecular flexibility index (Phi) is 4.54. The monoisotopic (exact) mass is 303 g/mol. The third-order valence-corrected chi connectivity index (χ3v) is 3.87. The number of aliphatic carboxylic acids is 1. The standard InChI is InChI=1S/C17H21NO4/c1-9(2)16(17(20)21)18-15(19)7-12-8-22-14-6-11(4)10(3)5-13(12)14/h5-6,8-9,16H,7H2,1-4H3,(H,18,19)(H,20,21)/t16-/m1/s1. The molecular formula is C17H21NO4. The number of hydrogen-bond donors (Lipinski definition) is 2. The number of hydrogen-bond acceptors (Lipinski definition) is 3. The molecular weight excluding hydrogens is 282 g/mol. The normalized spacial score (nSPS) is 12.6. The number of carbonyl (C=O) groups is 2. The van der Waals surface area contributed by atoms with Crippen molar-refractivity contribution < 1.29 is 19.1 Å². The van der Waals surface area contributed by atoms with Crippen molar-refractivity contribution in [2.24, 2.45) is 5.92 Å². The summed E-state index contributed by atoms with van der Waals surface area (Å²) in [4.78, 5) is 23.2. The molecule has 0 aliphatic heterocycles. The average Bonchev–Trinajstić information content (AvgIpc) is 2.78. The summed E-state index contributed by atoms with van der Waals surface area (Å²) in [5, 5.41) is 12.6. The van der Waals surface area contributed by atoms with Gasteiger partial charge in [0.25, 0.3) is 0 Å². The number of furan rings is 1.